The van der Waals surface area contributed by atoms with Gasteiger partial charge in [0, 0.05) is 30.7 Å². The standard InChI is InChI=1S/C17H30N4/c1-17(2,3)15-10-13(12-18)11-16(19-15)21(5)14-6-8-20(4)9-7-14/h10-11,14H,6-9,12,18H2,1-5H3. The van der Waals surface area contributed by atoms with Crippen molar-refractivity contribution in [1.82, 2.24) is 9.88 Å². The third kappa shape index (κ3) is 3.95. The van der Waals surface area contributed by atoms with Crippen LogP contribution in [0.3, 0.4) is 0 Å². The summed E-state index contributed by atoms with van der Waals surface area (Å²) in [7, 11) is 4.37. The molecule has 2 heterocycles. The van der Waals surface area contributed by atoms with Gasteiger partial charge in [0.1, 0.15) is 5.82 Å². The molecule has 4 heteroatoms. The first-order valence-electron chi connectivity index (χ1n) is 7.94. The number of rotatable bonds is 3. The summed E-state index contributed by atoms with van der Waals surface area (Å²) in [6, 6.07) is 4.87. The fourth-order valence-corrected chi connectivity index (χ4v) is 2.82. The number of hydrogen-bond acceptors (Lipinski definition) is 4. The van der Waals surface area contributed by atoms with Crippen molar-refractivity contribution in [2.24, 2.45) is 5.73 Å². The first-order chi connectivity index (χ1) is 9.81. The highest BCUT2D eigenvalue weighted by molar-refractivity contribution is 5.44. The fourth-order valence-electron chi connectivity index (χ4n) is 2.82. The molecular weight excluding hydrogens is 260 g/mol. The topological polar surface area (TPSA) is 45.4 Å². The third-order valence-corrected chi connectivity index (χ3v) is 4.47. The molecule has 1 aliphatic heterocycles. The van der Waals surface area contributed by atoms with Crippen LogP contribution in [0.25, 0.3) is 0 Å². The van der Waals surface area contributed by atoms with E-state index in [1.807, 2.05) is 0 Å². The summed E-state index contributed by atoms with van der Waals surface area (Å²) in [6.45, 7) is 9.51. The average Bonchev–Trinajstić information content (AvgIpc) is 2.46. The van der Waals surface area contributed by atoms with Crippen molar-refractivity contribution in [3.8, 4) is 0 Å². The summed E-state index contributed by atoms with van der Waals surface area (Å²) in [5.41, 5.74) is 8.22. The number of likely N-dealkylation sites (tertiary alicyclic amines) is 1. The molecule has 1 aromatic rings. The second kappa shape index (κ2) is 6.32. The lowest BCUT2D eigenvalue weighted by molar-refractivity contribution is 0.252. The molecule has 0 spiro atoms. The van der Waals surface area contributed by atoms with Gasteiger partial charge in [-0.1, -0.05) is 20.8 Å². The molecule has 0 atom stereocenters. The SMILES string of the molecule is CN1CCC(N(C)c2cc(CN)cc(C(C)(C)C)n2)CC1. The molecule has 0 aliphatic carbocycles. The largest absolute Gasteiger partial charge is 0.357 e. The molecule has 1 aromatic heterocycles. The first kappa shape index (κ1) is 16.2. The molecule has 1 saturated heterocycles. The van der Waals surface area contributed by atoms with Crippen LogP contribution in [-0.4, -0.2) is 43.1 Å². The van der Waals surface area contributed by atoms with E-state index in [2.05, 4.69) is 56.8 Å². The molecule has 21 heavy (non-hydrogen) atoms. The van der Waals surface area contributed by atoms with Gasteiger partial charge in [-0.3, -0.25) is 0 Å². The fraction of sp³-hybridized carbons (Fsp3) is 0.706. The highest BCUT2D eigenvalue weighted by Gasteiger charge is 2.23. The average molecular weight is 290 g/mol. The maximum absolute atomic E-state index is 5.87. The van der Waals surface area contributed by atoms with Gasteiger partial charge >= 0.3 is 0 Å². The number of nitrogens with two attached hydrogens (primary N) is 1. The minimum Gasteiger partial charge on any atom is -0.357 e. The molecule has 2 N–H and O–H groups in total. The van der Waals surface area contributed by atoms with Crippen molar-refractivity contribution in [2.75, 3.05) is 32.1 Å². The summed E-state index contributed by atoms with van der Waals surface area (Å²) in [4.78, 5) is 9.65. The minimum absolute atomic E-state index is 0.0492. The van der Waals surface area contributed by atoms with E-state index in [1.54, 1.807) is 0 Å². The van der Waals surface area contributed by atoms with Crippen LogP contribution in [0.15, 0.2) is 12.1 Å². The van der Waals surface area contributed by atoms with E-state index < -0.39 is 0 Å². The number of aromatic nitrogens is 1. The number of hydrogen-bond donors (Lipinski definition) is 1. The highest BCUT2D eigenvalue weighted by Crippen LogP contribution is 2.26. The Labute approximate surface area is 129 Å². The summed E-state index contributed by atoms with van der Waals surface area (Å²) in [6.07, 6.45) is 2.40. The molecule has 2 rings (SSSR count). The van der Waals surface area contributed by atoms with Crippen LogP contribution in [0, 0.1) is 0 Å². The summed E-state index contributed by atoms with van der Waals surface area (Å²) in [5, 5.41) is 0. The van der Waals surface area contributed by atoms with Crippen LogP contribution >= 0.6 is 0 Å². The molecule has 0 bridgehead atoms. The predicted octanol–water partition coefficient (Wildman–Crippen LogP) is 2.37. The van der Waals surface area contributed by atoms with E-state index >= 15 is 0 Å². The van der Waals surface area contributed by atoms with Crippen molar-refractivity contribution < 1.29 is 0 Å². The Morgan fingerprint density at radius 3 is 2.43 bits per heavy atom. The van der Waals surface area contributed by atoms with Crippen LogP contribution in [0.2, 0.25) is 0 Å². The van der Waals surface area contributed by atoms with E-state index in [-0.39, 0.29) is 5.41 Å². The maximum atomic E-state index is 5.87. The van der Waals surface area contributed by atoms with E-state index in [1.165, 1.54) is 18.4 Å². The van der Waals surface area contributed by atoms with Crippen LogP contribution in [0.1, 0.15) is 44.9 Å². The molecule has 1 aliphatic rings. The molecule has 4 nitrogen and oxygen atoms in total. The normalized spacial score (nSPS) is 18.0. The highest BCUT2D eigenvalue weighted by atomic mass is 15.2. The Morgan fingerprint density at radius 2 is 1.90 bits per heavy atom. The van der Waals surface area contributed by atoms with Crippen LogP contribution < -0.4 is 10.6 Å². The quantitative estimate of drug-likeness (QED) is 0.928. The lowest BCUT2D eigenvalue weighted by Crippen LogP contribution is -2.42. The van der Waals surface area contributed by atoms with Crippen molar-refractivity contribution in [2.45, 2.75) is 51.6 Å². The molecular formula is C17H30N4. The summed E-state index contributed by atoms with van der Waals surface area (Å²) >= 11 is 0. The molecule has 1 fully saturated rings. The van der Waals surface area contributed by atoms with Gasteiger partial charge in [-0.25, -0.2) is 4.98 Å². The van der Waals surface area contributed by atoms with Gasteiger partial charge < -0.3 is 15.5 Å². The smallest absolute Gasteiger partial charge is 0.129 e. The molecule has 0 unspecified atom stereocenters. The number of anilines is 1. The third-order valence-electron chi connectivity index (χ3n) is 4.47. The zero-order chi connectivity index (χ0) is 15.6. The number of pyridine rings is 1. The monoisotopic (exact) mass is 290 g/mol. The Balaban J connectivity index is 2.25. The Hall–Kier alpha value is -1.13. The van der Waals surface area contributed by atoms with Crippen molar-refractivity contribution >= 4 is 5.82 Å². The zero-order valence-electron chi connectivity index (χ0n) is 14.2. The van der Waals surface area contributed by atoms with Gasteiger partial charge in [0.05, 0.1) is 0 Å². The lowest BCUT2D eigenvalue weighted by Gasteiger charge is -2.36. The second-order valence-electron chi connectivity index (χ2n) is 7.32. The van der Waals surface area contributed by atoms with Gasteiger partial charge in [0.25, 0.3) is 0 Å². The zero-order valence-corrected chi connectivity index (χ0v) is 14.2. The molecule has 118 valence electrons. The Morgan fingerprint density at radius 1 is 1.29 bits per heavy atom. The Kier molecular flexibility index (Phi) is 4.89. The summed E-state index contributed by atoms with van der Waals surface area (Å²) < 4.78 is 0. The summed E-state index contributed by atoms with van der Waals surface area (Å²) in [5.74, 6) is 1.07. The van der Waals surface area contributed by atoms with Crippen molar-refractivity contribution in [1.29, 1.82) is 0 Å². The number of nitrogens with zero attached hydrogens (tertiary/aromatic N) is 3. The van der Waals surface area contributed by atoms with E-state index in [9.17, 15) is 0 Å². The van der Waals surface area contributed by atoms with E-state index in [0.29, 0.717) is 12.6 Å². The molecule has 0 aromatic carbocycles. The lowest BCUT2D eigenvalue weighted by atomic mass is 9.90. The predicted molar refractivity (Wildman–Crippen MR) is 89.8 cm³/mol. The first-order valence-corrected chi connectivity index (χ1v) is 7.94. The maximum Gasteiger partial charge on any atom is 0.129 e. The molecule has 0 amide bonds. The van der Waals surface area contributed by atoms with Gasteiger partial charge in [-0.05, 0) is 50.7 Å². The molecule has 0 radical (unpaired) electrons. The number of piperidine rings is 1. The second-order valence-corrected chi connectivity index (χ2v) is 7.32. The van der Waals surface area contributed by atoms with Crippen LogP contribution in [-0.2, 0) is 12.0 Å². The van der Waals surface area contributed by atoms with Gasteiger partial charge in [-0.15, -0.1) is 0 Å². The van der Waals surface area contributed by atoms with Crippen molar-refractivity contribution in [3.05, 3.63) is 23.4 Å². The minimum atomic E-state index is 0.0492. The van der Waals surface area contributed by atoms with Gasteiger partial charge in [0.2, 0.25) is 0 Å². The van der Waals surface area contributed by atoms with Gasteiger partial charge in [0.15, 0.2) is 0 Å². The van der Waals surface area contributed by atoms with E-state index in [4.69, 9.17) is 10.7 Å². The van der Waals surface area contributed by atoms with Crippen molar-refractivity contribution in [3.63, 3.8) is 0 Å². The van der Waals surface area contributed by atoms with Crippen LogP contribution in [0.5, 0.6) is 0 Å². The van der Waals surface area contributed by atoms with Gasteiger partial charge in [-0.2, -0.15) is 0 Å². The van der Waals surface area contributed by atoms with Crippen LogP contribution in [0.4, 0.5) is 5.82 Å². The Bertz CT molecular complexity index is 470. The van der Waals surface area contributed by atoms with E-state index in [0.717, 1.165) is 24.6 Å². The molecule has 0 saturated carbocycles.